The minimum Gasteiger partial charge on any atom is -0.0758 e. The monoisotopic (exact) mass is 283 g/mol. The standard InChI is InChI=1S/C19H23S/c1-17(2)13-14-20(15-18-9-5-3-6-10-18)16-19-11-7-4-8-12-19/h3-13H,14-16H2,1-2H3/q+1. The van der Waals surface area contributed by atoms with Crippen LogP contribution in [0.5, 0.6) is 0 Å². The van der Waals surface area contributed by atoms with Crippen LogP contribution in [0.2, 0.25) is 0 Å². The summed E-state index contributed by atoms with van der Waals surface area (Å²) in [5.74, 6) is 3.55. The summed E-state index contributed by atoms with van der Waals surface area (Å²) >= 11 is 0. The van der Waals surface area contributed by atoms with Crippen LogP contribution < -0.4 is 0 Å². The van der Waals surface area contributed by atoms with E-state index in [0.717, 1.165) is 0 Å². The normalized spacial score (nSPS) is 10.6. The van der Waals surface area contributed by atoms with E-state index < -0.39 is 0 Å². The summed E-state index contributed by atoms with van der Waals surface area (Å²) in [4.78, 5) is 0. The molecule has 0 heterocycles. The second-order valence-electron chi connectivity index (χ2n) is 5.32. The lowest BCUT2D eigenvalue weighted by Gasteiger charge is -2.08. The molecule has 0 nitrogen and oxygen atoms in total. The molecule has 2 rings (SSSR count). The molecule has 1 heteroatoms. The molecule has 0 amide bonds. The van der Waals surface area contributed by atoms with Crippen LogP contribution in [-0.4, -0.2) is 5.75 Å². The van der Waals surface area contributed by atoms with Crippen molar-refractivity contribution in [3.05, 3.63) is 83.4 Å². The third-order valence-corrected chi connectivity index (χ3v) is 5.28. The lowest BCUT2D eigenvalue weighted by Crippen LogP contribution is -2.12. The van der Waals surface area contributed by atoms with Crippen molar-refractivity contribution in [1.29, 1.82) is 0 Å². The van der Waals surface area contributed by atoms with Crippen molar-refractivity contribution in [2.24, 2.45) is 0 Å². The van der Waals surface area contributed by atoms with Crippen molar-refractivity contribution in [2.45, 2.75) is 25.4 Å². The minimum absolute atomic E-state index is 0.377. The minimum atomic E-state index is 0.377. The molecule has 0 saturated heterocycles. The summed E-state index contributed by atoms with van der Waals surface area (Å²) in [5, 5.41) is 0. The predicted molar refractivity (Wildman–Crippen MR) is 92.0 cm³/mol. The number of rotatable bonds is 6. The molecular weight excluding hydrogens is 260 g/mol. The third kappa shape index (κ3) is 5.26. The van der Waals surface area contributed by atoms with Gasteiger partial charge >= 0.3 is 0 Å². The Morgan fingerprint density at radius 1 is 0.800 bits per heavy atom. The molecule has 0 aliphatic heterocycles. The third-order valence-electron chi connectivity index (χ3n) is 3.15. The molecule has 0 radical (unpaired) electrons. The molecule has 0 atom stereocenters. The van der Waals surface area contributed by atoms with Crippen molar-refractivity contribution in [3.63, 3.8) is 0 Å². The first-order chi connectivity index (χ1) is 9.74. The van der Waals surface area contributed by atoms with Gasteiger partial charge in [0.15, 0.2) is 0 Å². The van der Waals surface area contributed by atoms with Crippen molar-refractivity contribution in [2.75, 3.05) is 5.75 Å². The molecule has 0 aliphatic carbocycles. The van der Waals surface area contributed by atoms with Crippen molar-refractivity contribution >= 4 is 10.9 Å². The van der Waals surface area contributed by atoms with E-state index in [4.69, 9.17) is 0 Å². The molecule has 104 valence electrons. The number of benzene rings is 2. The highest BCUT2D eigenvalue weighted by Crippen LogP contribution is 2.16. The first-order valence-corrected chi connectivity index (χ1v) is 8.82. The first kappa shape index (κ1) is 14.9. The van der Waals surface area contributed by atoms with Gasteiger partial charge in [0, 0.05) is 22.0 Å². The Labute approximate surface area is 125 Å². The molecule has 2 aromatic rings. The zero-order valence-corrected chi connectivity index (χ0v) is 13.2. The highest BCUT2D eigenvalue weighted by molar-refractivity contribution is 7.95. The van der Waals surface area contributed by atoms with Crippen molar-refractivity contribution in [1.82, 2.24) is 0 Å². The highest BCUT2D eigenvalue weighted by Gasteiger charge is 2.18. The second-order valence-corrected chi connectivity index (χ2v) is 7.46. The van der Waals surface area contributed by atoms with Gasteiger partial charge in [0.05, 0.1) is 0 Å². The maximum atomic E-state index is 2.38. The van der Waals surface area contributed by atoms with E-state index in [2.05, 4.69) is 80.6 Å². The molecule has 2 aromatic carbocycles. The summed E-state index contributed by atoms with van der Waals surface area (Å²) in [7, 11) is 0.377. The first-order valence-electron chi connectivity index (χ1n) is 7.09. The van der Waals surface area contributed by atoms with Gasteiger partial charge in [0.1, 0.15) is 17.3 Å². The fraction of sp³-hybridized carbons (Fsp3) is 0.263. The maximum absolute atomic E-state index is 2.38. The Morgan fingerprint density at radius 2 is 1.25 bits per heavy atom. The summed E-state index contributed by atoms with van der Waals surface area (Å²) < 4.78 is 0. The number of hydrogen-bond donors (Lipinski definition) is 0. The van der Waals surface area contributed by atoms with E-state index in [1.54, 1.807) is 0 Å². The van der Waals surface area contributed by atoms with Gasteiger partial charge in [-0.05, 0) is 19.9 Å². The van der Waals surface area contributed by atoms with Crippen LogP contribution >= 0.6 is 0 Å². The van der Waals surface area contributed by atoms with Crippen LogP contribution in [-0.2, 0) is 22.4 Å². The van der Waals surface area contributed by atoms with Gasteiger partial charge in [-0.2, -0.15) is 0 Å². The summed E-state index contributed by atoms with van der Waals surface area (Å²) in [6, 6.07) is 21.7. The molecule has 0 unspecified atom stereocenters. The molecule has 0 spiro atoms. The van der Waals surface area contributed by atoms with Gasteiger partial charge in [-0.25, -0.2) is 0 Å². The Hall–Kier alpha value is -1.47. The van der Waals surface area contributed by atoms with Crippen molar-refractivity contribution in [3.8, 4) is 0 Å². The highest BCUT2D eigenvalue weighted by atomic mass is 32.2. The lowest BCUT2D eigenvalue weighted by atomic mass is 10.2. The van der Waals surface area contributed by atoms with Crippen LogP contribution in [0, 0.1) is 0 Å². The quantitative estimate of drug-likeness (QED) is 0.518. The van der Waals surface area contributed by atoms with Crippen LogP contribution in [0.1, 0.15) is 25.0 Å². The molecular formula is C19H23S+. The van der Waals surface area contributed by atoms with Gasteiger partial charge in [-0.3, -0.25) is 0 Å². The summed E-state index contributed by atoms with van der Waals surface area (Å²) in [6.07, 6.45) is 2.38. The fourth-order valence-electron chi connectivity index (χ4n) is 2.07. The molecule has 0 fully saturated rings. The number of allylic oxidation sites excluding steroid dienone is 1. The Balaban J connectivity index is 2.06. The Bertz CT molecular complexity index is 483. The number of hydrogen-bond acceptors (Lipinski definition) is 0. The van der Waals surface area contributed by atoms with E-state index in [1.165, 1.54) is 34.0 Å². The van der Waals surface area contributed by atoms with Gasteiger partial charge in [0.2, 0.25) is 0 Å². The topological polar surface area (TPSA) is 0 Å². The van der Waals surface area contributed by atoms with Gasteiger partial charge in [-0.15, -0.1) is 0 Å². The molecule has 20 heavy (non-hydrogen) atoms. The largest absolute Gasteiger partial charge is 0.133 e. The Morgan fingerprint density at radius 3 is 1.65 bits per heavy atom. The maximum Gasteiger partial charge on any atom is 0.133 e. The van der Waals surface area contributed by atoms with Gasteiger partial charge in [0.25, 0.3) is 0 Å². The van der Waals surface area contributed by atoms with E-state index in [9.17, 15) is 0 Å². The molecule has 0 bridgehead atoms. The SMILES string of the molecule is CC(C)=CC[S+](Cc1ccccc1)Cc1ccccc1. The lowest BCUT2D eigenvalue weighted by molar-refractivity contribution is 1.31. The van der Waals surface area contributed by atoms with E-state index in [0.29, 0.717) is 10.9 Å². The van der Waals surface area contributed by atoms with Crippen LogP contribution in [0.25, 0.3) is 0 Å². The van der Waals surface area contributed by atoms with Crippen LogP contribution in [0.15, 0.2) is 72.3 Å². The van der Waals surface area contributed by atoms with Crippen LogP contribution in [0.4, 0.5) is 0 Å². The van der Waals surface area contributed by atoms with E-state index in [-0.39, 0.29) is 0 Å². The summed E-state index contributed by atoms with van der Waals surface area (Å²) in [6.45, 7) is 4.37. The zero-order valence-electron chi connectivity index (χ0n) is 12.4. The van der Waals surface area contributed by atoms with Crippen molar-refractivity contribution < 1.29 is 0 Å². The second kappa shape index (κ2) is 7.96. The van der Waals surface area contributed by atoms with Gasteiger partial charge < -0.3 is 0 Å². The molecule has 0 aromatic heterocycles. The average Bonchev–Trinajstić information content (AvgIpc) is 2.47. The van der Waals surface area contributed by atoms with E-state index in [1.807, 2.05) is 0 Å². The molecule has 0 aliphatic rings. The molecule has 0 N–H and O–H groups in total. The van der Waals surface area contributed by atoms with Gasteiger partial charge in [-0.1, -0.05) is 66.2 Å². The fourth-order valence-corrected chi connectivity index (χ4v) is 4.31. The molecule has 0 saturated carbocycles. The average molecular weight is 283 g/mol. The smallest absolute Gasteiger partial charge is 0.0758 e. The Kier molecular flexibility index (Phi) is 5.94. The zero-order chi connectivity index (χ0) is 14.2. The summed E-state index contributed by atoms with van der Waals surface area (Å²) in [5.41, 5.74) is 4.33. The predicted octanol–water partition coefficient (Wildman–Crippen LogP) is 4.97. The van der Waals surface area contributed by atoms with E-state index >= 15 is 0 Å². The van der Waals surface area contributed by atoms with Crippen LogP contribution in [0.3, 0.4) is 0 Å².